The van der Waals surface area contributed by atoms with Gasteiger partial charge in [-0.25, -0.2) is 0 Å². The first-order valence-electron chi connectivity index (χ1n) is 5.06. The molecule has 1 aromatic carbocycles. The second-order valence-corrected chi connectivity index (χ2v) is 4.24. The number of hydrogen-bond donors (Lipinski definition) is 1. The summed E-state index contributed by atoms with van der Waals surface area (Å²) in [7, 11) is 4.16. The summed E-state index contributed by atoms with van der Waals surface area (Å²) >= 11 is 0. The van der Waals surface area contributed by atoms with Crippen molar-refractivity contribution < 1.29 is 0 Å². The van der Waals surface area contributed by atoms with E-state index in [-0.39, 0.29) is 6.04 Å². The lowest BCUT2D eigenvalue weighted by Crippen LogP contribution is -2.18. The van der Waals surface area contributed by atoms with Crippen molar-refractivity contribution in [1.29, 1.82) is 0 Å². The Morgan fingerprint density at radius 1 is 1.29 bits per heavy atom. The summed E-state index contributed by atoms with van der Waals surface area (Å²) in [6, 6.07) is 8.89. The quantitative estimate of drug-likeness (QED) is 0.785. The standard InChI is InChI=1S/C12H20N2/c1-10(13)7-11-5-4-6-12(8-11)9-14(2)3/h4-6,8,10H,7,9,13H2,1-3H3/t10-/m0/s1. The highest BCUT2D eigenvalue weighted by Crippen LogP contribution is 2.08. The fraction of sp³-hybridized carbons (Fsp3) is 0.500. The number of nitrogens with two attached hydrogens (primary N) is 1. The van der Waals surface area contributed by atoms with Gasteiger partial charge in [-0.3, -0.25) is 0 Å². The zero-order valence-electron chi connectivity index (χ0n) is 9.33. The van der Waals surface area contributed by atoms with Crippen molar-refractivity contribution >= 4 is 0 Å². The molecule has 1 rings (SSSR count). The van der Waals surface area contributed by atoms with Crippen LogP contribution >= 0.6 is 0 Å². The van der Waals surface area contributed by atoms with Gasteiger partial charge in [-0.15, -0.1) is 0 Å². The summed E-state index contributed by atoms with van der Waals surface area (Å²) in [5.41, 5.74) is 8.45. The summed E-state index contributed by atoms with van der Waals surface area (Å²) in [6.45, 7) is 3.03. The lowest BCUT2D eigenvalue weighted by atomic mass is 10.0. The predicted octanol–water partition coefficient (Wildman–Crippen LogP) is 1.64. The molecule has 0 aliphatic rings. The van der Waals surface area contributed by atoms with Crippen molar-refractivity contribution in [3.05, 3.63) is 35.4 Å². The average molecular weight is 192 g/mol. The van der Waals surface area contributed by atoms with Gasteiger partial charge in [-0.1, -0.05) is 24.3 Å². The van der Waals surface area contributed by atoms with Crippen molar-refractivity contribution in [2.24, 2.45) is 5.73 Å². The zero-order chi connectivity index (χ0) is 10.6. The van der Waals surface area contributed by atoms with E-state index in [1.165, 1.54) is 11.1 Å². The van der Waals surface area contributed by atoms with Crippen molar-refractivity contribution in [1.82, 2.24) is 4.90 Å². The van der Waals surface area contributed by atoms with Crippen LogP contribution in [0.1, 0.15) is 18.1 Å². The third-order valence-electron chi connectivity index (χ3n) is 2.05. The number of nitrogens with zero attached hydrogens (tertiary/aromatic N) is 1. The van der Waals surface area contributed by atoms with Crippen molar-refractivity contribution in [2.45, 2.75) is 25.9 Å². The Balaban J connectivity index is 2.68. The molecule has 2 nitrogen and oxygen atoms in total. The van der Waals surface area contributed by atoms with Gasteiger partial charge in [0.2, 0.25) is 0 Å². The van der Waals surface area contributed by atoms with Crippen LogP contribution in [-0.2, 0) is 13.0 Å². The van der Waals surface area contributed by atoms with Crippen LogP contribution in [0.4, 0.5) is 0 Å². The SMILES string of the molecule is C[C@H](N)Cc1cccc(CN(C)C)c1. The monoisotopic (exact) mass is 192 g/mol. The molecule has 0 heterocycles. The molecule has 2 N–H and O–H groups in total. The molecule has 0 amide bonds. The molecular weight excluding hydrogens is 172 g/mol. The van der Waals surface area contributed by atoms with Crippen LogP contribution in [-0.4, -0.2) is 25.0 Å². The van der Waals surface area contributed by atoms with E-state index >= 15 is 0 Å². The molecule has 0 fully saturated rings. The molecule has 0 aliphatic heterocycles. The van der Waals surface area contributed by atoms with Gasteiger partial charge in [0.05, 0.1) is 0 Å². The molecule has 0 saturated heterocycles. The van der Waals surface area contributed by atoms with Gasteiger partial charge in [-0.05, 0) is 38.6 Å². The van der Waals surface area contributed by atoms with E-state index in [4.69, 9.17) is 5.73 Å². The normalized spacial score (nSPS) is 13.2. The average Bonchev–Trinajstić information content (AvgIpc) is 2.01. The highest BCUT2D eigenvalue weighted by Gasteiger charge is 2.00. The Bertz CT molecular complexity index is 254. The third-order valence-corrected chi connectivity index (χ3v) is 2.05. The molecule has 0 aromatic heterocycles. The van der Waals surface area contributed by atoms with Crippen LogP contribution < -0.4 is 5.73 Å². The Morgan fingerprint density at radius 3 is 2.50 bits per heavy atom. The second kappa shape index (κ2) is 5.13. The molecule has 1 atom stereocenters. The van der Waals surface area contributed by atoms with Crippen LogP contribution in [0.15, 0.2) is 24.3 Å². The molecule has 14 heavy (non-hydrogen) atoms. The van der Waals surface area contributed by atoms with Gasteiger partial charge in [0.25, 0.3) is 0 Å². The van der Waals surface area contributed by atoms with Crippen LogP contribution in [0.25, 0.3) is 0 Å². The third kappa shape index (κ3) is 3.90. The Kier molecular flexibility index (Phi) is 4.11. The van der Waals surface area contributed by atoms with Crippen molar-refractivity contribution in [3.63, 3.8) is 0 Å². The number of rotatable bonds is 4. The minimum atomic E-state index is 0.240. The summed E-state index contributed by atoms with van der Waals surface area (Å²) < 4.78 is 0. The molecule has 0 saturated carbocycles. The molecule has 78 valence electrons. The number of benzene rings is 1. The Hall–Kier alpha value is -0.860. The molecule has 0 unspecified atom stereocenters. The van der Waals surface area contributed by atoms with E-state index in [0.29, 0.717) is 0 Å². The molecule has 2 heteroatoms. The molecule has 0 aliphatic carbocycles. The maximum absolute atomic E-state index is 5.77. The van der Waals surface area contributed by atoms with Crippen LogP contribution in [0, 0.1) is 0 Å². The fourth-order valence-corrected chi connectivity index (χ4v) is 1.59. The van der Waals surface area contributed by atoms with E-state index < -0.39 is 0 Å². The van der Waals surface area contributed by atoms with E-state index in [2.05, 4.69) is 43.3 Å². The van der Waals surface area contributed by atoms with Gasteiger partial charge in [0.15, 0.2) is 0 Å². The van der Waals surface area contributed by atoms with E-state index in [0.717, 1.165) is 13.0 Å². The summed E-state index contributed by atoms with van der Waals surface area (Å²) in [6.07, 6.45) is 0.960. The van der Waals surface area contributed by atoms with Crippen LogP contribution in [0.3, 0.4) is 0 Å². The highest BCUT2D eigenvalue weighted by atomic mass is 15.0. The maximum atomic E-state index is 5.77. The van der Waals surface area contributed by atoms with Crippen LogP contribution in [0.2, 0.25) is 0 Å². The van der Waals surface area contributed by atoms with E-state index in [1.807, 2.05) is 6.92 Å². The smallest absolute Gasteiger partial charge is 0.0227 e. The molecule has 1 aromatic rings. The summed E-state index contributed by atoms with van der Waals surface area (Å²) in [4.78, 5) is 2.17. The van der Waals surface area contributed by atoms with E-state index in [1.54, 1.807) is 0 Å². The van der Waals surface area contributed by atoms with Gasteiger partial charge in [0, 0.05) is 12.6 Å². The lowest BCUT2D eigenvalue weighted by molar-refractivity contribution is 0.402. The van der Waals surface area contributed by atoms with E-state index in [9.17, 15) is 0 Å². The molecular formula is C12H20N2. The van der Waals surface area contributed by atoms with Crippen molar-refractivity contribution in [2.75, 3.05) is 14.1 Å². The molecule has 0 radical (unpaired) electrons. The zero-order valence-corrected chi connectivity index (χ0v) is 9.33. The highest BCUT2D eigenvalue weighted by molar-refractivity contribution is 5.24. The van der Waals surface area contributed by atoms with Crippen molar-refractivity contribution in [3.8, 4) is 0 Å². The predicted molar refractivity (Wildman–Crippen MR) is 61.2 cm³/mol. The fourth-order valence-electron chi connectivity index (χ4n) is 1.59. The first-order chi connectivity index (χ1) is 6.58. The molecule has 0 bridgehead atoms. The Labute approximate surface area is 86.7 Å². The topological polar surface area (TPSA) is 29.3 Å². The van der Waals surface area contributed by atoms with Crippen LogP contribution in [0.5, 0.6) is 0 Å². The minimum Gasteiger partial charge on any atom is -0.328 e. The van der Waals surface area contributed by atoms with Gasteiger partial charge in [-0.2, -0.15) is 0 Å². The van der Waals surface area contributed by atoms with Gasteiger partial charge >= 0.3 is 0 Å². The largest absolute Gasteiger partial charge is 0.328 e. The number of hydrogen-bond acceptors (Lipinski definition) is 2. The first-order valence-corrected chi connectivity index (χ1v) is 5.06. The Morgan fingerprint density at radius 2 is 1.93 bits per heavy atom. The lowest BCUT2D eigenvalue weighted by Gasteiger charge is -2.11. The first kappa shape index (κ1) is 11.2. The van der Waals surface area contributed by atoms with Gasteiger partial charge < -0.3 is 10.6 Å². The minimum absolute atomic E-state index is 0.240. The maximum Gasteiger partial charge on any atom is 0.0227 e. The van der Waals surface area contributed by atoms with Gasteiger partial charge in [0.1, 0.15) is 0 Å². The summed E-state index contributed by atoms with van der Waals surface area (Å²) in [5.74, 6) is 0. The second-order valence-electron chi connectivity index (χ2n) is 4.24. The summed E-state index contributed by atoms with van der Waals surface area (Å²) in [5, 5.41) is 0. The molecule has 0 spiro atoms.